The summed E-state index contributed by atoms with van der Waals surface area (Å²) in [6.07, 6.45) is 0. The van der Waals surface area contributed by atoms with Gasteiger partial charge in [-0.3, -0.25) is 4.57 Å². The molecule has 0 bridgehead atoms. The molecule has 0 fully saturated rings. The summed E-state index contributed by atoms with van der Waals surface area (Å²) in [5.74, 6) is 0.693. The molecule has 0 amide bonds. The second kappa shape index (κ2) is 12.2. The van der Waals surface area contributed by atoms with Crippen LogP contribution in [0.5, 0.6) is 0 Å². The van der Waals surface area contributed by atoms with Crippen molar-refractivity contribution in [2.24, 2.45) is 0 Å². The van der Waals surface area contributed by atoms with Crippen LogP contribution in [-0.4, -0.2) is 19.5 Å². The number of nitrogens with zero attached hydrogens (tertiary/aromatic N) is 4. The lowest BCUT2D eigenvalue weighted by molar-refractivity contribution is 0.953. The first kappa shape index (κ1) is 20.6. The average molecular weight is 636 g/mol. The molecule has 0 atom stereocenters. The van der Waals surface area contributed by atoms with Crippen molar-refractivity contribution in [1.29, 1.82) is 0 Å². The van der Waals surface area contributed by atoms with Gasteiger partial charge in [-0.25, -0.2) is 4.98 Å². The van der Waals surface area contributed by atoms with Crippen molar-refractivity contribution < 1.29 is 12.3 Å². The summed E-state index contributed by atoms with van der Waals surface area (Å²) in [7, 11) is 0. The van der Waals surface area contributed by atoms with Gasteiger partial charge in [-0.1, -0.05) is 170 Å². The molecule has 4 nitrogen and oxygen atoms in total. The molecule has 49 heavy (non-hydrogen) atoms. The molecule has 7 aromatic carbocycles. The van der Waals surface area contributed by atoms with E-state index in [1.807, 2.05) is 72.8 Å². The molecule has 0 saturated heterocycles. The van der Waals surface area contributed by atoms with E-state index in [0.29, 0.717) is 28.3 Å². The number of rotatable bonds is 6. The first-order valence-electron chi connectivity index (χ1n) is 20.2. The van der Waals surface area contributed by atoms with Crippen molar-refractivity contribution in [2.75, 3.05) is 0 Å². The fraction of sp³-hybridized carbons (Fsp3) is 0. The van der Waals surface area contributed by atoms with Crippen molar-refractivity contribution in [3.8, 4) is 62.1 Å². The van der Waals surface area contributed by atoms with Crippen LogP contribution in [0.25, 0.3) is 83.9 Å². The first-order chi connectivity index (χ1) is 28.0. The summed E-state index contributed by atoms with van der Waals surface area (Å²) in [6, 6.07) is 36.4. The van der Waals surface area contributed by atoms with Gasteiger partial charge in [0, 0.05) is 21.9 Å². The van der Waals surface area contributed by atoms with E-state index in [2.05, 4.69) is 36.4 Å². The molecule has 0 saturated carbocycles. The van der Waals surface area contributed by atoms with Gasteiger partial charge in [0.1, 0.15) is 0 Å². The maximum absolute atomic E-state index is 9.17. The number of hydrogen-bond donors (Lipinski definition) is 0. The lowest BCUT2D eigenvalue weighted by Crippen LogP contribution is -2.06. The van der Waals surface area contributed by atoms with E-state index in [9.17, 15) is 0 Å². The lowest BCUT2D eigenvalue weighted by atomic mass is 9.99. The van der Waals surface area contributed by atoms with Crippen molar-refractivity contribution in [2.45, 2.75) is 0 Å². The normalized spacial score (nSPS) is 13.8. The van der Waals surface area contributed by atoms with Crippen LogP contribution in [0.4, 0.5) is 0 Å². The van der Waals surface area contributed by atoms with Crippen LogP contribution in [0.3, 0.4) is 0 Å². The quantitative estimate of drug-likeness (QED) is 0.183. The minimum atomic E-state index is -0.546. The summed E-state index contributed by atoms with van der Waals surface area (Å²) >= 11 is 0. The largest absolute Gasteiger partial charge is 0.278 e. The van der Waals surface area contributed by atoms with E-state index >= 15 is 0 Å². The molecule has 0 unspecified atom stereocenters. The predicted octanol–water partition coefficient (Wildman–Crippen LogP) is 11.3. The summed E-state index contributed by atoms with van der Waals surface area (Å²) < 4.78 is 79.7. The van der Waals surface area contributed by atoms with E-state index in [-0.39, 0.29) is 45.4 Å². The number of benzene rings is 7. The van der Waals surface area contributed by atoms with Gasteiger partial charge in [0.2, 0.25) is 5.95 Å². The van der Waals surface area contributed by atoms with Crippen molar-refractivity contribution >= 4 is 21.8 Å². The number of aromatic nitrogens is 4. The first-order valence-corrected chi connectivity index (χ1v) is 15.7. The van der Waals surface area contributed by atoms with Gasteiger partial charge in [0.15, 0.2) is 11.6 Å². The maximum Gasteiger partial charge on any atom is 0.238 e. The SMILES string of the molecule is [2H]c1c([2H])c([2H])c(-c2cccc3c2c2c([2H])c([2H])c([2H])c([2H])c2n3-c2nc(-c3ccccc3)nc(-c3ccc(-c4ccc(-c5ccccc5)cc4)cc3)n2)c([2H])c1[2H]. The van der Waals surface area contributed by atoms with Gasteiger partial charge < -0.3 is 0 Å². The van der Waals surface area contributed by atoms with Crippen molar-refractivity contribution in [1.82, 2.24) is 19.5 Å². The average Bonchev–Trinajstić information content (AvgIpc) is 3.63. The zero-order valence-electron chi connectivity index (χ0n) is 34.9. The third-order valence-electron chi connectivity index (χ3n) is 8.52. The zero-order chi connectivity index (χ0) is 40.4. The smallest absolute Gasteiger partial charge is 0.238 e. The van der Waals surface area contributed by atoms with E-state index in [1.54, 1.807) is 22.8 Å². The molecule has 0 N–H and O–H groups in total. The van der Waals surface area contributed by atoms with Gasteiger partial charge in [0.25, 0.3) is 0 Å². The minimum Gasteiger partial charge on any atom is -0.278 e. The molecule has 9 aromatic rings. The Morgan fingerprint density at radius 2 is 0.898 bits per heavy atom. The highest BCUT2D eigenvalue weighted by Gasteiger charge is 2.19. The highest BCUT2D eigenvalue weighted by Crippen LogP contribution is 2.38. The maximum atomic E-state index is 9.17. The minimum absolute atomic E-state index is 0.0614. The van der Waals surface area contributed by atoms with E-state index in [0.717, 1.165) is 22.3 Å². The Kier molecular flexibility index (Phi) is 5.11. The summed E-state index contributed by atoms with van der Waals surface area (Å²) in [5, 5.41) is 0.350. The summed E-state index contributed by atoms with van der Waals surface area (Å²) in [4.78, 5) is 14.7. The predicted molar refractivity (Wildman–Crippen MR) is 201 cm³/mol. The summed E-state index contributed by atoms with van der Waals surface area (Å²) in [5.41, 5.74) is 6.13. The van der Waals surface area contributed by atoms with E-state index in [4.69, 9.17) is 27.3 Å². The van der Waals surface area contributed by atoms with Crippen LogP contribution in [0, 0.1) is 0 Å². The highest BCUT2D eigenvalue weighted by atomic mass is 15.2. The van der Waals surface area contributed by atoms with Crippen LogP contribution >= 0.6 is 0 Å². The van der Waals surface area contributed by atoms with Crippen LogP contribution in [0.15, 0.2) is 182 Å². The molecule has 2 heterocycles. The van der Waals surface area contributed by atoms with Crippen LogP contribution in [0.2, 0.25) is 0 Å². The monoisotopic (exact) mass is 635 g/mol. The molecule has 0 aliphatic carbocycles. The molecule has 4 heteroatoms. The van der Waals surface area contributed by atoms with Gasteiger partial charge in [-0.2, -0.15) is 9.97 Å². The lowest BCUT2D eigenvalue weighted by Gasteiger charge is -2.11. The molecular formula is C45H30N4. The van der Waals surface area contributed by atoms with Crippen LogP contribution in [-0.2, 0) is 0 Å². The van der Waals surface area contributed by atoms with Gasteiger partial charge in [-0.15, -0.1) is 0 Å². The topological polar surface area (TPSA) is 43.6 Å². The van der Waals surface area contributed by atoms with Gasteiger partial charge in [0.05, 0.1) is 23.4 Å². The zero-order valence-corrected chi connectivity index (χ0v) is 25.9. The van der Waals surface area contributed by atoms with Crippen molar-refractivity contribution in [3.63, 3.8) is 0 Å². The Balaban J connectivity index is 1.27. The number of fused-ring (bicyclic) bond motifs is 3. The molecular weight excluding hydrogens is 597 g/mol. The van der Waals surface area contributed by atoms with Crippen LogP contribution < -0.4 is 0 Å². The molecule has 2 aromatic heterocycles. The fourth-order valence-electron chi connectivity index (χ4n) is 6.17. The third kappa shape index (κ3) is 5.26. The van der Waals surface area contributed by atoms with Gasteiger partial charge >= 0.3 is 0 Å². The molecule has 0 aliphatic heterocycles. The molecule has 0 spiro atoms. The third-order valence-corrected chi connectivity index (χ3v) is 8.52. The Morgan fingerprint density at radius 3 is 1.53 bits per heavy atom. The van der Waals surface area contributed by atoms with Crippen LogP contribution in [0.1, 0.15) is 12.3 Å². The van der Waals surface area contributed by atoms with E-state index in [1.165, 1.54) is 0 Å². The van der Waals surface area contributed by atoms with Crippen molar-refractivity contribution in [3.05, 3.63) is 182 Å². The second-order valence-corrected chi connectivity index (χ2v) is 11.4. The Bertz CT molecular complexity index is 3050. The van der Waals surface area contributed by atoms with Gasteiger partial charge in [-0.05, 0) is 45.5 Å². The Labute approximate surface area is 297 Å². The highest BCUT2D eigenvalue weighted by molar-refractivity contribution is 6.15. The molecule has 9 rings (SSSR count). The fourth-order valence-corrected chi connectivity index (χ4v) is 6.17. The van der Waals surface area contributed by atoms with E-state index < -0.39 is 42.3 Å². The molecule has 0 aliphatic rings. The standard InChI is InChI=1S/C45H30N4/c1-4-13-31(14-5-1)32-23-25-33(26-24-32)34-27-29-37(30-28-34)44-46-43(36-17-8-3-9-18-36)47-45(48-44)49-40-21-11-10-19-39(40)42-38(20-12-22-41(42)49)35-15-6-2-7-16-35/h1-30H/i2D,6D,7D,10D,11D,15D,16D,19D,21D. The Hall–Kier alpha value is -6.65. The number of para-hydroxylation sites is 1. The Morgan fingerprint density at radius 1 is 0.388 bits per heavy atom. The summed E-state index contributed by atoms with van der Waals surface area (Å²) in [6.45, 7) is 0. The second-order valence-electron chi connectivity index (χ2n) is 11.4. The molecule has 230 valence electrons. The molecule has 0 radical (unpaired) electrons. The number of hydrogen-bond acceptors (Lipinski definition) is 3.